The van der Waals surface area contributed by atoms with Gasteiger partial charge in [0.1, 0.15) is 0 Å². The molecule has 0 radical (unpaired) electrons. The number of esters is 1. The Morgan fingerprint density at radius 2 is 1.07 bits per heavy atom. The van der Waals surface area contributed by atoms with Crippen LogP contribution < -0.4 is 5.32 Å². The number of hydrogen-bond acceptors (Lipinski definition) is 5. The molecule has 264 valence electrons. The Kier molecular flexibility index (Phi) is 36.3. The number of aliphatic hydroxyl groups is 1. The first-order valence-electron chi connectivity index (χ1n) is 19.9. The summed E-state index contributed by atoms with van der Waals surface area (Å²) in [6.45, 7) is 11.5. The van der Waals surface area contributed by atoms with Crippen molar-refractivity contribution in [2.24, 2.45) is 0 Å². The van der Waals surface area contributed by atoms with Gasteiger partial charge < -0.3 is 15.2 Å². The third kappa shape index (κ3) is 32.7. The molecule has 0 aromatic rings. The zero-order valence-electron chi connectivity index (χ0n) is 30.3. The highest BCUT2D eigenvalue weighted by Gasteiger charge is 2.14. The van der Waals surface area contributed by atoms with Crippen molar-refractivity contribution in [1.82, 2.24) is 10.2 Å². The van der Waals surface area contributed by atoms with Crippen molar-refractivity contribution in [3.8, 4) is 0 Å². The minimum absolute atomic E-state index is 0.0282. The number of nitrogens with one attached hydrogen (secondary N) is 1. The molecule has 0 amide bonds. The fourth-order valence-electron chi connectivity index (χ4n) is 6.19. The summed E-state index contributed by atoms with van der Waals surface area (Å²) in [5.74, 6) is -0.0282. The van der Waals surface area contributed by atoms with E-state index in [0.717, 1.165) is 64.7 Å². The number of carbonyl (C=O) groups excluding carboxylic acids is 1. The van der Waals surface area contributed by atoms with Gasteiger partial charge in [0.15, 0.2) is 0 Å². The number of aliphatic hydroxyl groups excluding tert-OH is 1. The lowest BCUT2D eigenvalue weighted by atomic mass is 10.0. The monoisotopic (exact) mass is 625 g/mol. The first-order chi connectivity index (χ1) is 21.7. The second kappa shape index (κ2) is 36.8. The molecule has 0 heterocycles. The third-order valence-corrected chi connectivity index (χ3v) is 9.13. The van der Waals surface area contributed by atoms with Gasteiger partial charge in [0, 0.05) is 25.6 Å². The van der Waals surface area contributed by atoms with Crippen LogP contribution in [0.25, 0.3) is 0 Å². The molecule has 0 rings (SSSR count). The zero-order chi connectivity index (χ0) is 32.2. The van der Waals surface area contributed by atoms with E-state index in [4.69, 9.17) is 4.74 Å². The first kappa shape index (κ1) is 43.4. The maximum absolute atomic E-state index is 11.9. The minimum Gasteiger partial charge on any atom is -0.466 e. The molecule has 0 aliphatic heterocycles. The van der Waals surface area contributed by atoms with E-state index in [0.29, 0.717) is 19.1 Å². The van der Waals surface area contributed by atoms with Crippen molar-refractivity contribution >= 4 is 5.97 Å². The lowest BCUT2D eigenvalue weighted by molar-refractivity contribution is -0.143. The molecule has 0 saturated carbocycles. The molecule has 0 saturated heterocycles. The number of rotatable bonds is 37. The molecule has 5 heteroatoms. The van der Waals surface area contributed by atoms with Crippen molar-refractivity contribution in [1.29, 1.82) is 0 Å². The maximum Gasteiger partial charge on any atom is 0.305 e. The van der Waals surface area contributed by atoms with Crippen molar-refractivity contribution in [2.75, 3.05) is 39.4 Å². The summed E-state index contributed by atoms with van der Waals surface area (Å²) in [5, 5.41) is 13.6. The van der Waals surface area contributed by atoms with Crippen LogP contribution in [0.1, 0.15) is 201 Å². The van der Waals surface area contributed by atoms with Crippen LogP contribution in [0, 0.1) is 0 Å². The highest BCUT2D eigenvalue weighted by Crippen LogP contribution is 2.14. The molecule has 0 spiro atoms. The molecule has 0 aliphatic carbocycles. The molecule has 0 bridgehead atoms. The van der Waals surface area contributed by atoms with Crippen molar-refractivity contribution in [2.45, 2.75) is 207 Å². The van der Waals surface area contributed by atoms with E-state index in [1.54, 1.807) is 0 Å². The van der Waals surface area contributed by atoms with Crippen LogP contribution in [-0.2, 0) is 9.53 Å². The van der Waals surface area contributed by atoms with Crippen LogP contribution >= 0.6 is 0 Å². The Morgan fingerprint density at radius 1 is 0.591 bits per heavy atom. The summed E-state index contributed by atoms with van der Waals surface area (Å²) in [5.41, 5.74) is 0. The number of carbonyl (C=O) groups is 1. The lowest BCUT2D eigenvalue weighted by Gasteiger charge is -2.28. The van der Waals surface area contributed by atoms with E-state index < -0.39 is 0 Å². The van der Waals surface area contributed by atoms with Gasteiger partial charge >= 0.3 is 5.97 Å². The molecule has 44 heavy (non-hydrogen) atoms. The standard InChI is InChI=1S/C39H80N2O3/c1-4-7-10-12-14-16-18-20-22-25-30-38(40-32-27-24-26-31-39(43)44-36-29-9-6-3)37-41(34-35-42)33-28-23-21-19-17-15-13-11-8-5-2/h38,40,42H,4-37H2,1-3H3. The first-order valence-corrected chi connectivity index (χ1v) is 19.9. The SMILES string of the molecule is CCCCCCCCCCCCC(CN(CCO)CCCCCCCCCCCC)NCCCCCC(=O)OCCCCC. The number of nitrogens with zero attached hydrogens (tertiary/aromatic N) is 1. The maximum atomic E-state index is 11.9. The molecule has 0 fully saturated rings. The normalized spacial score (nSPS) is 12.3. The summed E-state index contributed by atoms with van der Waals surface area (Å²) in [6, 6.07) is 0.488. The minimum atomic E-state index is -0.0282. The molecule has 0 aliphatic rings. The van der Waals surface area contributed by atoms with Gasteiger partial charge in [0.25, 0.3) is 0 Å². The van der Waals surface area contributed by atoms with E-state index in [1.165, 1.54) is 135 Å². The van der Waals surface area contributed by atoms with Crippen LogP contribution in [0.15, 0.2) is 0 Å². The predicted octanol–water partition coefficient (Wildman–Crippen LogP) is 10.8. The summed E-state index contributed by atoms with van der Waals surface area (Å²) >= 11 is 0. The average molecular weight is 625 g/mol. The zero-order valence-corrected chi connectivity index (χ0v) is 30.3. The second-order valence-electron chi connectivity index (χ2n) is 13.6. The summed E-state index contributed by atoms with van der Waals surface area (Å²) < 4.78 is 5.35. The van der Waals surface area contributed by atoms with Gasteiger partial charge in [-0.25, -0.2) is 0 Å². The predicted molar refractivity (Wildman–Crippen MR) is 193 cm³/mol. The van der Waals surface area contributed by atoms with Crippen molar-refractivity contribution in [3.63, 3.8) is 0 Å². The second-order valence-corrected chi connectivity index (χ2v) is 13.6. The van der Waals surface area contributed by atoms with Gasteiger partial charge in [0.05, 0.1) is 13.2 Å². The molecule has 5 nitrogen and oxygen atoms in total. The van der Waals surface area contributed by atoms with Gasteiger partial charge in [-0.05, 0) is 45.2 Å². The summed E-state index contributed by atoms with van der Waals surface area (Å²) in [4.78, 5) is 14.5. The highest BCUT2D eigenvalue weighted by atomic mass is 16.5. The molecule has 2 N–H and O–H groups in total. The molecular weight excluding hydrogens is 544 g/mol. The number of ether oxygens (including phenoxy) is 1. The van der Waals surface area contributed by atoms with Gasteiger partial charge in [-0.1, -0.05) is 162 Å². The average Bonchev–Trinajstić information content (AvgIpc) is 3.02. The van der Waals surface area contributed by atoms with Gasteiger partial charge in [-0.2, -0.15) is 0 Å². The molecular formula is C39H80N2O3. The van der Waals surface area contributed by atoms with Crippen molar-refractivity contribution in [3.05, 3.63) is 0 Å². The number of hydrogen-bond donors (Lipinski definition) is 2. The lowest BCUT2D eigenvalue weighted by Crippen LogP contribution is -2.43. The van der Waals surface area contributed by atoms with E-state index in [2.05, 4.69) is 31.0 Å². The summed E-state index contributed by atoms with van der Waals surface area (Å²) in [7, 11) is 0. The fourth-order valence-corrected chi connectivity index (χ4v) is 6.19. The third-order valence-electron chi connectivity index (χ3n) is 9.13. The van der Waals surface area contributed by atoms with Gasteiger partial charge in [0.2, 0.25) is 0 Å². The molecule has 1 unspecified atom stereocenters. The van der Waals surface area contributed by atoms with E-state index in [-0.39, 0.29) is 12.6 Å². The molecule has 0 aromatic heterocycles. The van der Waals surface area contributed by atoms with Gasteiger partial charge in [-0.15, -0.1) is 0 Å². The number of unbranched alkanes of at least 4 members (excludes halogenated alkanes) is 22. The molecule has 0 aromatic carbocycles. The van der Waals surface area contributed by atoms with E-state index in [9.17, 15) is 9.90 Å². The fraction of sp³-hybridized carbons (Fsp3) is 0.974. The smallest absolute Gasteiger partial charge is 0.305 e. The quantitative estimate of drug-likeness (QED) is 0.0532. The van der Waals surface area contributed by atoms with Crippen LogP contribution in [0.2, 0.25) is 0 Å². The van der Waals surface area contributed by atoms with Crippen molar-refractivity contribution < 1.29 is 14.6 Å². The molecule has 1 atom stereocenters. The van der Waals surface area contributed by atoms with Crippen LogP contribution in [0.4, 0.5) is 0 Å². The van der Waals surface area contributed by atoms with Crippen LogP contribution in [0.5, 0.6) is 0 Å². The highest BCUT2D eigenvalue weighted by molar-refractivity contribution is 5.69. The Hall–Kier alpha value is -0.650. The topological polar surface area (TPSA) is 61.8 Å². The Balaban J connectivity index is 4.38. The Bertz CT molecular complexity index is 559. The van der Waals surface area contributed by atoms with Crippen LogP contribution in [0.3, 0.4) is 0 Å². The van der Waals surface area contributed by atoms with E-state index in [1.807, 2.05) is 0 Å². The van der Waals surface area contributed by atoms with E-state index >= 15 is 0 Å². The van der Waals surface area contributed by atoms with Gasteiger partial charge in [-0.3, -0.25) is 9.69 Å². The Morgan fingerprint density at radius 3 is 1.61 bits per heavy atom. The Labute approximate surface area is 276 Å². The van der Waals surface area contributed by atoms with Crippen LogP contribution in [-0.4, -0.2) is 61.4 Å². The largest absolute Gasteiger partial charge is 0.466 e. The summed E-state index contributed by atoms with van der Waals surface area (Å²) in [6.07, 6.45) is 35.6.